The first kappa shape index (κ1) is 20.9. The molecule has 0 atom stereocenters. The second-order valence-corrected chi connectivity index (χ2v) is 7.92. The molecule has 1 N–H and O–H groups in total. The molecular weight excluding hydrogens is 402 g/mol. The molecule has 12 heteroatoms. The fourth-order valence-electron chi connectivity index (χ4n) is 2.80. The Labute approximate surface area is 167 Å². The molecule has 156 valence electrons. The van der Waals surface area contributed by atoms with Crippen molar-refractivity contribution < 1.29 is 22.8 Å². The van der Waals surface area contributed by atoms with Crippen molar-refractivity contribution >= 4 is 21.5 Å². The molecule has 0 radical (unpaired) electrons. The van der Waals surface area contributed by atoms with Crippen LogP contribution in [0, 0.1) is 17.0 Å². The van der Waals surface area contributed by atoms with Crippen LogP contribution in [0.15, 0.2) is 35.2 Å². The van der Waals surface area contributed by atoms with Gasteiger partial charge in [0.05, 0.1) is 18.1 Å². The van der Waals surface area contributed by atoms with Crippen molar-refractivity contribution in [3.63, 3.8) is 0 Å². The second-order valence-electron chi connectivity index (χ2n) is 6.18. The smallest absolute Gasteiger partial charge is 0.289 e. The summed E-state index contributed by atoms with van der Waals surface area (Å²) in [4.78, 5) is 20.6. The number of para-hydroxylation sites is 1. The number of hydrogen-bond acceptors (Lipinski definition) is 9. The van der Waals surface area contributed by atoms with Crippen molar-refractivity contribution in [3.8, 4) is 5.88 Å². The number of hydrogen-bond donors (Lipinski definition) is 1. The molecule has 0 saturated carbocycles. The van der Waals surface area contributed by atoms with Crippen LogP contribution in [0.25, 0.3) is 0 Å². The number of aromatic nitrogens is 2. The van der Waals surface area contributed by atoms with Crippen LogP contribution in [0.4, 0.5) is 11.5 Å². The van der Waals surface area contributed by atoms with E-state index < -0.39 is 25.5 Å². The fourth-order valence-corrected chi connectivity index (χ4v) is 3.98. The maximum atomic E-state index is 12.4. The van der Waals surface area contributed by atoms with Gasteiger partial charge in [-0.05, 0) is 13.0 Å². The molecule has 29 heavy (non-hydrogen) atoms. The number of anilines is 1. The van der Waals surface area contributed by atoms with Gasteiger partial charge in [-0.15, -0.1) is 0 Å². The third-order valence-electron chi connectivity index (χ3n) is 4.13. The lowest BCUT2D eigenvalue weighted by atomic mass is 10.3. The predicted octanol–water partition coefficient (Wildman–Crippen LogP) is 0.887. The summed E-state index contributed by atoms with van der Waals surface area (Å²) in [5.74, 6) is 1.57. The third kappa shape index (κ3) is 5.37. The quantitative estimate of drug-likeness (QED) is 0.373. The number of aryl methyl sites for hydroxylation is 1. The number of nitrogens with one attached hydrogen (secondary N) is 1. The van der Waals surface area contributed by atoms with Crippen molar-refractivity contribution in [1.29, 1.82) is 0 Å². The molecule has 2 aromatic rings. The summed E-state index contributed by atoms with van der Waals surface area (Å²) in [7, 11) is -4.05. The SMILES string of the molecule is Cc1nc(OCCNS(=O)(=O)c2ccccc2[N+](=O)[O-])cc(N2CCOCC2)n1. The summed E-state index contributed by atoms with van der Waals surface area (Å²) in [5, 5.41) is 11.0. The minimum atomic E-state index is -4.05. The van der Waals surface area contributed by atoms with Crippen molar-refractivity contribution in [2.24, 2.45) is 0 Å². The molecule has 1 aliphatic rings. The molecule has 0 aliphatic carbocycles. The Morgan fingerprint density at radius 3 is 2.72 bits per heavy atom. The Morgan fingerprint density at radius 2 is 2.00 bits per heavy atom. The van der Waals surface area contributed by atoms with Gasteiger partial charge in [0.2, 0.25) is 15.9 Å². The lowest BCUT2D eigenvalue weighted by Gasteiger charge is -2.28. The summed E-state index contributed by atoms with van der Waals surface area (Å²) in [6, 6.07) is 6.85. The Morgan fingerprint density at radius 1 is 1.28 bits per heavy atom. The second kappa shape index (κ2) is 9.11. The first-order valence-corrected chi connectivity index (χ1v) is 10.4. The van der Waals surface area contributed by atoms with Crippen LogP contribution in [0.5, 0.6) is 5.88 Å². The Balaban J connectivity index is 1.60. The van der Waals surface area contributed by atoms with Gasteiger partial charge in [0.15, 0.2) is 4.90 Å². The molecule has 0 amide bonds. The molecule has 1 saturated heterocycles. The molecule has 2 heterocycles. The van der Waals surface area contributed by atoms with Crippen LogP contribution < -0.4 is 14.4 Å². The van der Waals surface area contributed by atoms with Crippen LogP contribution >= 0.6 is 0 Å². The van der Waals surface area contributed by atoms with E-state index in [1.807, 2.05) is 0 Å². The van der Waals surface area contributed by atoms with Gasteiger partial charge >= 0.3 is 0 Å². The van der Waals surface area contributed by atoms with Crippen molar-refractivity contribution in [2.75, 3.05) is 44.4 Å². The van der Waals surface area contributed by atoms with Crippen LogP contribution in [-0.4, -0.2) is 62.8 Å². The van der Waals surface area contributed by atoms with E-state index in [1.165, 1.54) is 18.2 Å². The number of nitro benzene ring substituents is 1. The number of rotatable bonds is 8. The van der Waals surface area contributed by atoms with Gasteiger partial charge in [-0.3, -0.25) is 10.1 Å². The zero-order valence-corrected chi connectivity index (χ0v) is 16.6. The Bertz CT molecular complexity index is 978. The maximum Gasteiger partial charge on any atom is 0.289 e. The summed E-state index contributed by atoms with van der Waals surface area (Å²) in [5.41, 5.74) is -0.484. The van der Waals surface area contributed by atoms with Crippen molar-refractivity contribution in [2.45, 2.75) is 11.8 Å². The number of ether oxygens (including phenoxy) is 2. The molecule has 11 nitrogen and oxygen atoms in total. The largest absolute Gasteiger partial charge is 0.476 e. The van der Waals surface area contributed by atoms with E-state index in [1.54, 1.807) is 13.0 Å². The van der Waals surface area contributed by atoms with Gasteiger partial charge in [-0.2, -0.15) is 4.98 Å². The van der Waals surface area contributed by atoms with Gasteiger partial charge < -0.3 is 14.4 Å². The molecule has 0 bridgehead atoms. The van der Waals surface area contributed by atoms with E-state index in [0.717, 1.165) is 11.9 Å². The highest BCUT2D eigenvalue weighted by Gasteiger charge is 2.24. The fraction of sp³-hybridized carbons (Fsp3) is 0.412. The minimum Gasteiger partial charge on any atom is -0.476 e. The van der Waals surface area contributed by atoms with Crippen LogP contribution in [0.1, 0.15) is 5.82 Å². The molecule has 1 fully saturated rings. The van der Waals surface area contributed by atoms with Gasteiger partial charge in [-0.25, -0.2) is 18.1 Å². The zero-order chi connectivity index (χ0) is 20.9. The van der Waals surface area contributed by atoms with E-state index in [-0.39, 0.29) is 13.2 Å². The number of morpholine rings is 1. The highest BCUT2D eigenvalue weighted by atomic mass is 32.2. The maximum absolute atomic E-state index is 12.4. The zero-order valence-electron chi connectivity index (χ0n) is 15.8. The molecule has 0 unspecified atom stereocenters. The predicted molar refractivity (Wildman–Crippen MR) is 104 cm³/mol. The monoisotopic (exact) mass is 423 g/mol. The van der Waals surface area contributed by atoms with E-state index in [2.05, 4.69) is 19.6 Å². The number of sulfonamides is 1. The average Bonchev–Trinajstić information content (AvgIpc) is 2.71. The molecular formula is C17H21N5O6S. The summed E-state index contributed by atoms with van der Waals surface area (Å²) in [6.45, 7) is 4.33. The normalized spacial score (nSPS) is 14.6. The topological polar surface area (TPSA) is 137 Å². The molecule has 1 aromatic carbocycles. The highest BCUT2D eigenvalue weighted by molar-refractivity contribution is 7.89. The van der Waals surface area contributed by atoms with E-state index in [4.69, 9.17) is 9.47 Å². The van der Waals surface area contributed by atoms with Gasteiger partial charge in [0, 0.05) is 31.8 Å². The Hall–Kier alpha value is -2.83. The average molecular weight is 423 g/mol. The molecule has 0 spiro atoms. The van der Waals surface area contributed by atoms with Crippen molar-refractivity contribution in [3.05, 3.63) is 46.3 Å². The van der Waals surface area contributed by atoms with Crippen LogP contribution in [0.2, 0.25) is 0 Å². The van der Waals surface area contributed by atoms with Crippen LogP contribution in [0.3, 0.4) is 0 Å². The number of nitrogens with zero attached hydrogens (tertiary/aromatic N) is 4. The summed E-state index contributed by atoms with van der Waals surface area (Å²) >= 11 is 0. The Kier molecular flexibility index (Phi) is 6.56. The van der Waals surface area contributed by atoms with Gasteiger partial charge in [-0.1, -0.05) is 12.1 Å². The van der Waals surface area contributed by atoms with E-state index >= 15 is 0 Å². The van der Waals surface area contributed by atoms with Gasteiger partial charge in [0.1, 0.15) is 18.2 Å². The number of benzene rings is 1. The summed E-state index contributed by atoms with van der Waals surface area (Å²) in [6.07, 6.45) is 0. The van der Waals surface area contributed by atoms with Crippen LogP contribution in [-0.2, 0) is 14.8 Å². The van der Waals surface area contributed by atoms with E-state index in [0.29, 0.717) is 38.0 Å². The highest BCUT2D eigenvalue weighted by Crippen LogP contribution is 2.22. The van der Waals surface area contributed by atoms with E-state index in [9.17, 15) is 18.5 Å². The van der Waals surface area contributed by atoms with Gasteiger partial charge in [0.25, 0.3) is 5.69 Å². The first-order valence-electron chi connectivity index (χ1n) is 8.91. The molecule has 1 aliphatic heterocycles. The lowest BCUT2D eigenvalue weighted by molar-refractivity contribution is -0.387. The standard InChI is InChI=1S/C17H21N5O6S/c1-13-19-16(21-7-10-27-11-8-21)12-17(20-13)28-9-6-18-29(25,26)15-5-3-2-4-14(15)22(23)24/h2-5,12,18H,6-11H2,1H3. The molecule has 1 aromatic heterocycles. The minimum absolute atomic E-state index is 0.00113. The molecule has 3 rings (SSSR count). The lowest BCUT2D eigenvalue weighted by Crippen LogP contribution is -2.37. The van der Waals surface area contributed by atoms with Crippen molar-refractivity contribution in [1.82, 2.24) is 14.7 Å². The first-order chi connectivity index (χ1) is 13.9. The summed E-state index contributed by atoms with van der Waals surface area (Å²) < 4.78 is 37.9. The number of nitro groups is 1. The third-order valence-corrected chi connectivity index (χ3v) is 5.64.